The summed E-state index contributed by atoms with van der Waals surface area (Å²) in [6, 6.07) is 0. The zero-order valence-electron chi connectivity index (χ0n) is 9.61. The van der Waals surface area contributed by atoms with Crippen LogP contribution in [0.3, 0.4) is 0 Å². The zero-order chi connectivity index (χ0) is 10.4. The second kappa shape index (κ2) is 3.26. The molecule has 0 spiro atoms. The van der Waals surface area contributed by atoms with Gasteiger partial charge in [0, 0.05) is 18.9 Å². The van der Waals surface area contributed by atoms with Crippen molar-refractivity contribution < 1.29 is 0 Å². The van der Waals surface area contributed by atoms with Crippen LogP contribution in [-0.2, 0) is 6.54 Å². The fourth-order valence-electron chi connectivity index (χ4n) is 3.22. The van der Waals surface area contributed by atoms with Crippen LogP contribution < -0.4 is 0 Å². The number of hydrogen-bond acceptors (Lipinski definition) is 0. The van der Waals surface area contributed by atoms with Gasteiger partial charge in [0.15, 0.2) is 0 Å². The summed E-state index contributed by atoms with van der Waals surface area (Å²) in [4.78, 5) is 0. The lowest BCUT2D eigenvalue weighted by molar-refractivity contribution is 0.384. The summed E-state index contributed by atoms with van der Waals surface area (Å²) in [5.74, 6) is 2.67. The van der Waals surface area contributed by atoms with Crippen LogP contribution in [0, 0.1) is 31.6 Å². The van der Waals surface area contributed by atoms with E-state index in [1.54, 1.807) is 0 Å². The highest BCUT2D eigenvalue weighted by Gasteiger charge is 2.35. The number of hydrogen-bond donors (Lipinski definition) is 0. The predicted molar refractivity (Wildman–Crippen MR) is 62.8 cm³/mol. The van der Waals surface area contributed by atoms with Gasteiger partial charge < -0.3 is 4.57 Å². The van der Waals surface area contributed by atoms with Gasteiger partial charge >= 0.3 is 0 Å². The molecule has 80 valence electrons. The van der Waals surface area contributed by atoms with Gasteiger partial charge in [-0.3, -0.25) is 0 Å². The minimum absolute atomic E-state index is 0.873. The van der Waals surface area contributed by atoms with Crippen molar-refractivity contribution in [2.24, 2.45) is 17.8 Å². The van der Waals surface area contributed by atoms with Gasteiger partial charge in [-0.2, -0.15) is 0 Å². The average molecular weight is 201 g/mol. The molecular weight excluding hydrogens is 182 g/mol. The van der Waals surface area contributed by atoms with Gasteiger partial charge in [0.25, 0.3) is 0 Å². The minimum Gasteiger partial charge on any atom is -0.353 e. The smallest absolute Gasteiger partial charge is 0.0253 e. The lowest BCUT2D eigenvalue weighted by Crippen LogP contribution is -2.14. The van der Waals surface area contributed by atoms with E-state index in [9.17, 15) is 0 Å². The molecule has 15 heavy (non-hydrogen) atoms. The lowest BCUT2D eigenvalue weighted by atomic mass is 9.93. The van der Waals surface area contributed by atoms with E-state index in [-0.39, 0.29) is 0 Å². The van der Waals surface area contributed by atoms with Crippen molar-refractivity contribution in [3.63, 3.8) is 0 Å². The Bertz CT molecular complexity index is 380. The van der Waals surface area contributed by atoms with Gasteiger partial charge in [0.1, 0.15) is 0 Å². The fourth-order valence-corrected chi connectivity index (χ4v) is 3.22. The molecule has 1 heterocycles. The fraction of sp³-hybridized carbons (Fsp3) is 0.571. The third kappa shape index (κ3) is 1.54. The Kier molecular flexibility index (Phi) is 2.01. The Labute approximate surface area is 91.8 Å². The van der Waals surface area contributed by atoms with Crippen LogP contribution in [0.15, 0.2) is 24.5 Å². The molecule has 1 saturated carbocycles. The Morgan fingerprint density at radius 3 is 2.40 bits per heavy atom. The van der Waals surface area contributed by atoms with E-state index >= 15 is 0 Å². The second-order valence-corrected chi connectivity index (χ2v) is 5.36. The maximum Gasteiger partial charge on any atom is 0.0253 e. The summed E-state index contributed by atoms with van der Waals surface area (Å²) in [7, 11) is 0. The molecule has 0 saturated heterocycles. The molecule has 2 bridgehead atoms. The van der Waals surface area contributed by atoms with Crippen molar-refractivity contribution in [2.45, 2.75) is 33.2 Å². The van der Waals surface area contributed by atoms with Gasteiger partial charge in [-0.1, -0.05) is 12.2 Å². The predicted octanol–water partition coefficient (Wildman–Crippen LogP) is 3.32. The van der Waals surface area contributed by atoms with Crippen LogP contribution in [0.4, 0.5) is 0 Å². The maximum atomic E-state index is 2.45. The number of aryl methyl sites for hydroxylation is 2. The Morgan fingerprint density at radius 2 is 1.87 bits per heavy atom. The normalized spacial score (nSPS) is 32.8. The van der Waals surface area contributed by atoms with Crippen LogP contribution in [0.1, 0.15) is 24.0 Å². The molecule has 1 aromatic rings. The molecule has 2 aliphatic rings. The first-order chi connectivity index (χ1) is 7.22. The van der Waals surface area contributed by atoms with Gasteiger partial charge in [-0.05, 0) is 55.6 Å². The van der Waals surface area contributed by atoms with Crippen LogP contribution in [0.2, 0.25) is 0 Å². The molecule has 2 aliphatic carbocycles. The molecule has 1 fully saturated rings. The summed E-state index contributed by atoms with van der Waals surface area (Å²) < 4.78 is 2.39. The molecule has 1 heteroatoms. The number of fused-ring (bicyclic) bond motifs is 2. The first kappa shape index (κ1) is 9.26. The average Bonchev–Trinajstić information content (AvgIpc) is 2.84. The summed E-state index contributed by atoms with van der Waals surface area (Å²) in [6.45, 7) is 5.62. The molecule has 3 atom stereocenters. The number of aromatic nitrogens is 1. The lowest BCUT2D eigenvalue weighted by Gasteiger charge is -2.18. The van der Waals surface area contributed by atoms with Crippen LogP contribution >= 0.6 is 0 Å². The van der Waals surface area contributed by atoms with Crippen molar-refractivity contribution >= 4 is 0 Å². The Hall–Kier alpha value is -0.980. The van der Waals surface area contributed by atoms with Gasteiger partial charge in [-0.15, -0.1) is 0 Å². The van der Waals surface area contributed by atoms with Crippen molar-refractivity contribution in [3.8, 4) is 0 Å². The highest BCUT2D eigenvalue weighted by atomic mass is 14.9. The molecule has 1 nitrogen and oxygen atoms in total. The monoisotopic (exact) mass is 201 g/mol. The molecule has 1 aromatic heterocycles. The van der Waals surface area contributed by atoms with E-state index in [1.807, 2.05) is 0 Å². The Morgan fingerprint density at radius 1 is 1.13 bits per heavy atom. The van der Waals surface area contributed by atoms with Crippen molar-refractivity contribution in [3.05, 3.63) is 35.7 Å². The van der Waals surface area contributed by atoms with E-state index in [2.05, 4.69) is 43.0 Å². The highest BCUT2D eigenvalue weighted by Crippen LogP contribution is 2.44. The van der Waals surface area contributed by atoms with Gasteiger partial charge in [0.05, 0.1) is 0 Å². The molecule has 3 rings (SSSR count). The van der Waals surface area contributed by atoms with Crippen LogP contribution in [0.5, 0.6) is 0 Å². The van der Waals surface area contributed by atoms with E-state index in [4.69, 9.17) is 0 Å². The van der Waals surface area contributed by atoms with Crippen molar-refractivity contribution in [1.82, 2.24) is 4.57 Å². The molecule has 0 N–H and O–H groups in total. The summed E-state index contributed by atoms with van der Waals surface area (Å²) in [5.41, 5.74) is 2.85. The quantitative estimate of drug-likeness (QED) is 0.647. The van der Waals surface area contributed by atoms with E-state index in [0.717, 1.165) is 17.8 Å². The van der Waals surface area contributed by atoms with Crippen LogP contribution in [0.25, 0.3) is 0 Å². The minimum atomic E-state index is 0.873. The topological polar surface area (TPSA) is 4.93 Å². The molecule has 0 amide bonds. The molecule has 0 aromatic carbocycles. The van der Waals surface area contributed by atoms with Gasteiger partial charge in [-0.25, -0.2) is 0 Å². The summed E-state index contributed by atoms with van der Waals surface area (Å²) in [5, 5.41) is 0. The zero-order valence-corrected chi connectivity index (χ0v) is 9.61. The first-order valence-electron chi connectivity index (χ1n) is 6.03. The summed E-state index contributed by atoms with van der Waals surface area (Å²) in [6.07, 6.45) is 12.3. The third-order valence-electron chi connectivity index (χ3n) is 4.20. The third-order valence-corrected chi connectivity index (χ3v) is 4.20. The molecule has 3 unspecified atom stereocenters. The van der Waals surface area contributed by atoms with Gasteiger partial charge in [0.2, 0.25) is 0 Å². The summed E-state index contributed by atoms with van der Waals surface area (Å²) >= 11 is 0. The highest BCUT2D eigenvalue weighted by molar-refractivity contribution is 5.21. The van der Waals surface area contributed by atoms with E-state index < -0.39 is 0 Å². The van der Waals surface area contributed by atoms with Crippen molar-refractivity contribution in [2.75, 3.05) is 0 Å². The van der Waals surface area contributed by atoms with E-state index in [0.29, 0.717) is 0 Å². The van der Waals surface area contributed by atoms with Crippen LogP contribution in [-0.4, -0.2) is 4.57 Å². The largest absolute Gasteiger partial charge is 0.353 e. The first-order valence-corrected chi connectivity index (χ1v) is 6.03. The number of nitrogens with zero attached hydrogens (tertiary/aromatic N) is 1. The molecular formula is C14H19N. The Balaban J connectivity index is 1.73. The van der Waals surface area contributed by atoms with E-state index in [1.165, 1.54) is 30.5 Å². The number of rotatable bonds is 2. The standard InChI is InChI=1S/C14H19N/c1-10-7-15(8-11(10)2)9-14-6-12-3-4-13(14)5-12/h3-4,7-8,12-14H,5-6,9H2,1-2H3. The second-order valence-electron chi connectivity index (χ2n) is 5.36. The maximum absolute atomic E-state index is 2.45. The molecule has 0 aliphatic heterocycles. The number of allylic oxidation sites excluding steroid dienone is 2. The molecule has 0 radical (unpaired) electrons. The van der Waals surface area contributed by atoms with Crippen molar-refractivity contribution in [1.29, 1.82) is 0 Å². The SMILES string of the molecule is Cc1cn(CC2CC3C=CC2C3)cc1C.